The molecule has 1 rings (SSSR count). The first kappa shape index (κ1) is 15.7. The van der Waals surface area contributed by atoms with Crippen molar-refractivity contribution in [3.63, 3.8) is 0 Å². The van der Waals surface area contributed by atoms with Gasteiger partial charge in [0, 0.05) is 6.54 Å². The fraction of sp³-hybridized carbons (Fsp3) is 0.588. The third-order valence-corrected chi connectivity index (χ3v) is 4.04. The predicted octanol–water partition coefficient (Wildman–Crippen LogP) is 4.31. The minimum Gasteiger partial charge on any atom is -0.316 e. The Morgan fingerprint density at radius 1 is 1.47 bits per heavy atom. The summed E-state index contributed by atoms with van der Waals surface area (Å²) >= 11 is 0. The molecular formula is C17H27NO. The van der Waals surface area contributed by atoms with Crippen LogP contribution in [0.3, 0.4) is 0 Å². The first-order chi connectivity index (χ1) is 8.92. The molecule has 106 valence electrons. The quantitative estimate of drug-likeness (QED) is 0.494. The molecule has 2 heteroatoms. The van der Waals surface area contributed by atoms with Crippen LogP contribution in [0.5, 0.6) is 0 Å². The number of rotatable bonds is 7. The van der Waals surface area contributed by atoms with Crippen LogP contribution in [0.25, 0.3) is 0 Å². The molecule has 0 aromatic rings. The minimum atomic E-state index is 0.0380. The maximum atomic E-state index is 11.8. The van der Waals surface area contributed by atoms with E-state index in [9.17, 15) is 4.79 Å². The van der Waals surface area contributed by atoms with E-state index in [1.807, 2.05) is 6.92 Å². The van der Waals surface area contributed by atoms with Gasteiger partial charge in [-0.15, -0.1) is 0 Å². The molecule has 1 saturated carbocycles. The Morgan fingerprint density at radius 3 is 2.68 bits per heavy atom. The minimum absolute atomic E-state index is 0.0380. The Labute approximate surface area is 117 Å². The van der Waals surface area contributed by atoms with Gasteiger partial charge in [-0.3, -0.25) is 4.79 Å². The number of allylic oxidation sites excluding steroid dienone is 3. The van der Waals surface area contributed by atoms with Gasteiger partial charge in [0.15, 0.2) is 0 Å². The molecule has 19 heavy (non-hydrogen) atoms. The van der Waals surface area contributed by atoms with Crippen LogP contribution in [0, 0.1) is 11.3 Å². The van der Waals surface area contributed by atoms with E-state index < -0.39 is 0 Å². The molecule has 0 bridgehead atoms. The Bertz CT molecular complexity index is 390. The molecule has 0 N–H and O–H groups in total. The highest BCUT2D eigenvalue weighted by atomic mass is 16.2. The van der Waals surface area contributed by atoms with E-state index in [4.69, 9.17) is 0 Å². The van der Waals surface area contributed by atoms with Crippen LogP contribution in [0.1, 0.15) is 47.0 Å². The molecule has 1 aliphatic carbocycles. The van der Waals surface area contributed by atoms with Gasteiger partial charge in [0.05, 0.1) is 0 Å². The van der Waals surface area contributed by atoms with Crippen molar-refractivity contribution in [3.8, 4) is 0 Å². The van der Waals surface area contributed by atoms with Gasteiger partial charge in [-0.1, -0.05) is 31.2 Å². The molecule has 0 aliphatic heterocycles. The highest BCUT2D eigenvalue weighted by Crippen LogP contribution is 2.55. The second-order valence-corrected chi connectivity index (χ2v) is 6.05. The average Bonchev–Trinajstić information content (AvgIpc) is 2.96. The zero-order valence-corrected chi connectivity index (χ0v) is 12.8. The third-order valence-electron chi connectivity index (χ3n) is 4.04. The van der Waals surface area contributed by atoms with Crippen molar-refractivity contribution in [2.24, 2.45) is 11.3 Å². The Morgan fingerprint density at radius 2 is 2.16 bits per heavy atom. The number of carbonyl (C=O) groups excluding carboxylic acids is 1. The molecule has 1 amide bonds. The van der Waals surface area contributed by atoms with Crippen molar-refractivity contribution in [3.05, 3.63) is 36.6 Å². The van der Waals surface area contributed by atoms with Crippen LogP contribution in [-0.2, 0) is 4.79 Å². The van der Waals surface area contributed by atoms with Gasteiger partial charge in [0.1, 0.15) is 0 Å². The van der Waals surface area contributed by atoms with Crippen molar-refractivity contribution in [2.45, 2.75) is 47.0 Å². The highest BCUT2D eigenvalue weighted by molar-refractivity contribution is 5.88. The number of nitrogens with zero attached hydrogens (tertiary/aromatic N) is 1. The van der Waals surface area contributed by atoms with E-state index in [1.165, 1.54) is 18.4 Å². The zero-order valence-electron chi connectivity index (χ0n) is 12.8. The third kappa shape index (κ3) is 4.70. The largest absolute Gasteiger partial charge is 0.316 e. The predicted molar refractivity (Wildman–Crippen MR) is 81.6 cm³/mol. The number of hydrogen-bond donors (Lipinski definition) is 0. The molecule has 2 unspecified atom stereocenters. The lowest BCUT2D eigenvalue weighted by atomic mass is 9.98. The van der Waals surface area contributed by atoms with Crippen molar-refractivity contribution in [2.75, 3.05) is 6.54 Å². The van der Waals surface area contributed by atoms with Gasteiger partial charge in [-0.05, 0) is 63.6 Å². The monoisotopic (exact) mass is 261 g/mol. The normalized spacial score (nSPS) is 25.2. The lowest BCUT2D eigenvalue weighted by Crippen LogP contribution is -2.27. The molecule has 2 nitrogen and oxygen atoms in total. The van der Waals surface area contributed by atoms with E-state index in [1.54, 1.807) is 23.3 Å². The van der Waals surface area contributed by atoms with E-state index in [0.29, 0.717) is 11.3 Å². The van der Waals surface area contributed by atoms with Gasteiger partial charge in [-0.25, -0.2) is 0 Å². The molecule has 0 saturated heterocycles. The number of carbonyl (C=O) groups is 1. The van der Waals surface area contributed by atoms with Gasteiger partial charge < -0.3 is 4.90 Å². The standard InChI is InChI=1S/C17H27NO/c1-6-9-16(19)18(7-2)13-15-12-17(15,5)11-8-10-14(3)4/h6-7,9-10,15H,2,8,11-13H2,1,3-5H3/b9-6+. The lowest BCUT2D eigenvalue weighted by Gasteiger charge is -2.18. The van der Waals surface area contributed by atoms with E-state index in [2.05, 4.69) is 33.4 Å². The number of hydrogen-bond acceptors (Lipinski definition) is 1. The Kier molecular flexibility index (Phi) is 5.59. The van der Waals surface area contributed by atoms with Crippen LogP contribution in [-0.4, -0.2) is 17.4 Å². The van der Waals surface area contributed by atoms with Crippen molar-refractivity contribution in [1.29, 1.82) is 0 Å². The molecule has 0 aromatic carbocycles. The van der Waals surface area contributed by atoms with Crippen LogP contribution in [0.4, 0.5) is 0 Å². The average molecular weight is 261 g/mol. The first-order valence-corrected chi connectivity index (χ1v) is 7.12. The van der Waals surface area contributed by atoms with Crippen LogP contribution >= 0.6 is 0 Å². The summed E-state index contributed by atoms with van der Waals surface area (Å²) in [5.41, 5.74) is 1.79. The van der Waals surface area contributed by atoms with Crippen molar-refractivity contribution < 1.29 is 4.79 Å². The van der Waals surface area contributed by atoms with E-state index in [0.717, 1.165) is 13.0 Å². The van der Waals surface area contributed by atoms with E-state index in [-0.39, 0.29) is 5.91 Å². The summed E-state index contributed by atoms with van der Waals surface area (Å²) in [5.74, 6) is 0.654. The maximum Gasteiger partial charge on any atom is 0.250 e. The van der Waals surface area contributed by atoms with Gasteiger partial charge in [0.25, 0.3) is 0 Å². The first-order valence-electron chi connectivity index (χ1n) is 7.12. The molecule has 0 spiro atoms. The van der Waals surface area contributed by atoms with Crippen LogP contribution in [0.15, 0.2) is 36.6 Å². The summed E-state index contributed by atoms with van der Waals surface area (Å²) < 4.78 is 0. The summed E-state index contributed by atoms with van der Waals surface area (Å²) in [5, 5.41) is 0. The SMILES string of the molecule is C=CN(CC1CC1(C)CCC=C(C)C)C(=O)/C=C/C. The number of amides is 1. The second kappa shape index (κ2) is 6.74. The summed E-state index contributed by atoms with van der Waals surface area (Å²) in [4.78, 5) is 13.5. The fourth-order valence-corrected chi connectivity index (χ4v) is 2.52. The molecular weight excluding hydrogens is 234 g/mol. The Hall–Kier alpha value is -1.31. The molecule has 1 aliphatic rings. The topological polar surface area (TPSA) is 20.3 Å². The smallest absolute Gasteiger partial charge is 0.250 e. The molecule has 0 aromatic heterocycles. The summed E-state index contributed by atoms with van der Waals surface area (Å²) in [6.07, 6.45) is 10.9. The summed E-state index contributed by atoms with van der Waals surface area (Å²) in [6, 6.07) is 0. The fourth-order valence-electron chi connectivity index (χ4n) is 2.52. The zero-order chi connectivity index (χ0) is 14.5. The highest BCUT2D eigenvalue weighted by Gasteiger charge is 2.49. The maximum absolute atomic E-state index is 11.8. The Balaban J connectivity index is 2.45. The lowest BCUT2D eigenvalue weighted by molar-refractivity contribution is -0.123. The summed E-state index contributed by atoms with van der Waals surface area (Å²) in [6.45, 7) is 13.0. The van der Waals surface area contributed by atoms with Gasteiger partial charge in [-0.2, -0.15) is 0 Å². The molecule has 0 radical (unpaired) electrons. The van der Waals surface area contributed by atoms with Gasteiger partial charge in [0.2, 0.25) is 5.91 Å². The second-order valence-electron chi connectivity index (χ2n) is 6.05. The van der Waals surface area contributed by atoms with Crippen molar-refractivity contribution in [1.82, 2.24) is 4.90 Å². The summed E-state index contributed by atoms with van der Waals surface area (Å²) in [7, 11) is 0. The van der Waals surface area contributed by atoms with Crippen LogP contribution < -0.4 is 0 Å². The molecule has 2 atom stereocenters. The van der Waals surface area contributed by atoms with Gasteiger partial charge >= 0.3 is 0 Å². The molecule has 0 heterocycles. The van der Waals surface area contributed by atoms with E-state index >= 15 is 0 Å². The molecule has 1 fully saturated rings. The van der Waals surface area contributed by atoms with Crippen molar-refractivity contribution >= 4 is 5.91 Å². The van der Waals surface area contributed by atoms with Crippen LogP contribution in [0.2, 0.25) is 0 Å².